The highest BCUT2D eigenvalue weighted by Gasteiger charge is 2.24. The number of unbranched alkanes of at least 4 members (excludes halogenated alkanes) is 4. The van der Waals surface area contributed by atoms with E-state index >= 15 is 0 Å². The van der Waals surface area contributed by atoms with Crippen molar-refractivity contribution < 1.29 is 22.9 Å². The molecule has 0 aliphatic carbocycles. The molecule has 7 heteroatoms. The molecule has 0 bridgehead atoms. The standard InChI is InChI=1S/C42H65NO5S/c1-3-5-7-9-11-13-15-16-17-18-19-20-21-22-23-24-25-26-28-30-32-34-36-38-42(45)43-40(39-49(46,47)48)41(44)37-35-33-31-29-27-14-12-10-8-6-4-2/h5,7-8,10-11,13,16-17,19-20,22-23,25-27,29-30,32,35,37,40-41,44H,3-4,6,9,12,14-15,18,21,24,28,31,33-34,36,38-39H2,1-2H3,(H,43,45)(H,46,47,48)/b7-5-,10-8+,13-11-,17-16-,20-19-,23-22-,26-25-,29-27+,32-30-,37-35+. The Hall–Kier alpha value is -3.26. The fourth-order valence-electron chi connectivity index (χ4n) is 4.42. The first kappa shape index (κ1) is 45.7. The van der Waals surface area contributed by atoms with Gasteiger partial charge in [-0.1, -0.05) is 142 Å². The van der Waals surface area contributed by atoms with Crippen molar-refractivity contribution in [1.29, 1.82) is 0 Å². The first-order chi connectivity index (χ1) is 23.8. The maximum absolute atomic E-state index is 12.4. The molecule has 0 aliphatic heterocycles. The minimum atomic E-state index is -4.38. The lowest BCUT2D eigenvalue weighted by Crippen LogP contribution is -2.46. The Kier molecular flexibility index (Phi) is 32.3. The molecular formula is C42H65NO5S. The second kappa shape index (κ2) is 34.6. The Labute approximate surface area is 299 Å². The summed E-state index contributed by atoms with van der Waals surface area (Å²) in [7, 11) is -4.38. The summed E-state index contributed by atoms with van der Waals surface area (Å²) in [5.74, 6) is -1.11. The van der Waals surface area contributed by atoms with Gasteiger partial charge in [-0.15, -0.1) is 0 Å². The number of hydrogen-bond donors (Lipinski definition) is 3. The van der Waals surface area contributed by atoms with Crippen molar-refractivity contribution in [3.63, 3.8) is 0 Å². The molecule has 274 valence electrons. The number of aliphatic hydroxyl groups excluding tert-OH is 1. The van der Waals surface area contributed by atoms with Crippen LogP contribution >= 0.6 is 0 Å². The topological polar surface area (TPSA) is 104 Å². The van der Waals surface area contributed by atoms with Crippen molar-refractivity contribution >= 4 is 16.0 Å². The molecule has 2 atom stereocenters. The van der Waals surface area contributed by atoms with Crippen molar-refractivity contribution in [3.8, 4) is 0 Å². The summed E-state index contributed by atoms with van der Waals surface area (Å²) in [6, 6.07) is -1.12. The number of amides is 1. The molecule has 0 saturated carbocycles. The van der Waals surface area contributed by atoms with Crippen LogP contribution in [0.15, 0.2) is 122 Å². The van der Waals surface area contributed by atoms with Gasteiger partial charge in [0, 0.05) is 6.42 Å². The lowest BCUT2D eigenvalue weighted by atomic mass is 10.1. The van der Waals surface area contributed by atoms with Crippen molar-refractivity contribution in [2.24, 2.45) is 0 Å². The first-order valence-electron chi connectivity index (χ1n) is 18.2. The Morgan fingerprint density at radius 3 is 1.39 bits per heavy atom. The zero-order chi connectivity index (χ0) is 36.1. The summed E-state index contributed by atoms with van der Waals surface area (Å²) in [5.41, 5.74) is 0. The highest BCUT2D eigenvalue weighted by atomic mass is 32.2. The summed E-state index contributed by atoms with van der Waals surface area (Å²) >= 11 is 0. The molecule has 0 spiro atoms. The van der Waals surface area contributed by atoms with Crippen molar-refractivity contribution in [3.05, 3.63) is 122 Å². The normalized spacial score (nSPS) is 14.8. The Balaban J connectivity index is 4.17. The minimum absolute atomic E-state index is 0.196. The molecule has 0 heterocycles. The largest absolute Gasteiger partial charge is 0.387 e. The SMILES string of the molecule is CC/C=C\C/C=C\C/C=C\C/C=C\C/C=C\C/C=C\C/C=C\CCCC(=O)NC(CS(=O)(=O)O)C(O)/C=C/CC/C=C/CC/C=C/CCC. The van der Waals surface area contributed by atoms with Crippen LogP contribution in [0.3, 0.4) is 0 Å². The molecule has 2 unspecified atom stereocenters. The third-order valence-corrected chi connectivity index (χ3v) is 7.86. The third kappa shape index (κ3) is 35.9. The van der Waals surface area contributed by atoms with Crippen LogP contribution in [-0.4, -0.2) is 41.9 Å². The van der Waals surface area contributed by atoms with E-state index in [0.717, 1.165) is 77.0 Å². The summed E-state index contributed by atoms with van der Waals surface area (Å²) < 4.78 is 32.3. The van der Waals surface area contributed by atoms with E-state index in [9.17, 15) is 22.9 Å². The van der Waals surface area contributed by atoms with Crippen LogP contribution in [0.25, 0.3) is 0 Å². The summed E-state index contributed by atoms with van der Waals surface area (Å²) in [4.78, 5) is 12.4. The van der Waals surface area contributed by atoms with Crippen LogP contribution in [0, 0.1) is 0 Å². The molecule has 0 aromatic rings. The van der Waals surface area contributed by atoms with Gasteiger partial charge in [-0.05, 0) is 89.9 Å². The fraction of sp³-hybridized carbons (Fsp3) is 0.500. The van der Waals surface area contributed by atoms with Gasteiger partial charge in [0.25, 0.3) is 10.1 Å². The van der Waals surface area contributed by atoms with Crippen LogP contribution in [0.5, 0.6) is 0 Å². The van der Waals surface area contributed by atoms with Crippen LogP contribution in [-0.2, 0) is 14.9 Å². The lowest BCUT2D eigenvalue weighted by molar-refractivity contribution is -0.122. The van der Waals surface area contributed by atoms with Crippen LogP contribution in [0.2, 0.25) is 0 Å². The van der Waals surface area contributed by atoms with Gasteiger partial charge in [0.15, 0.2) is 0 Å². The number of allylic oxidation sites excluding steroid dienone is 19. The molecule has 0 aromatic carbocycles. The number of aliphatic hydroxyl groups is 1. The van der Waals surface area contributed by atoms with Crippen molar-refractivity contribution in [2.75, 3.05) is 5.75 Å². The molecule has 0 fully saturated rings. The maximum atomic E-state index is 12.4. The van der Waals surface area contributed by atoms with Crippen molar-refractivity contribution in [1.82, 2.24) is 5.32 Å². The van der Waals surface area contributed by atoms with Crippen LogP contribution in [0.4, 0.5) is 0 Å². The van der Waals surface area contributed by atoms with Gasteiger partial charge in [0.1, 0.15) is 0 Å². The third-order valence-electron chi connectivity index (χ3n) is 7.08. The molecule has 0 radical (unpaired) electrons. The van der Waals surface area contributed by atoms with E-state index in [1.807, 2.05) is 6.08 Å². The second-order valence-electron chi connectivity index (χ2n) is 11.7. The highest BCUT2D eigenvalue weighted by molar-refractivity contribution is 7.85. The first-order valence-corrected chi connectivity index (χ1v) is 19.8. The number of rotatable bonds is 30. The van der Waals surface area contributed by atoms with Gasteiger partial charge in [0.05, 0.1) is 17.9 Å². The van der Waals surface area contributed by atoms with Gasteiger partial charge in [-0.3, -0.25) is 9.35 Å². The van der Waals surface area contributed by atoms with Crippen molar-refractivity contribution in [2.45, 2.75) is 129 Å². The monoisotopic (exact) mass is 695 g/mol. The van der Waals surface area contributed by atoms with E-state index in [1.165, 1.54) is 6.08 Å². The number of carbonyl (C=O) groups is 1. The second-order valence-corrected chi connectivity index (χ2v) is 13.2. The quantitative estimate of drug-likeness (QED) is 0.0394. The molecule has 6 nitrogen and oxygen atoms in total. The maximum Gasteiger partial charge on any atom is 0.267 e. The fourth-order valence-corrected chi connectivity index (χ4v) is 5.15. The van der Waals surface area contributed by atoms with Gasteiger partial charge >= 0.3 is 0 Å². The molecule has 0 saturated heterocycles. The predicted octanol–water partition coefficient (Wildman–Crippen LogP) is 10.6. The van der Waals surface area contributed by atoms with E-state index in [0.29, 0.717) is 19.3 Å². The van der Waals surface area contributed by atoms with Gasteiger partial charge in [-0.2, -0.15) is 8.42 Å². The zero-order valence-corrected chi connectivity index (χ0v) is 31.1. The van der Waals surface area contributed by atoms with E-state index in [1.54, 1.807) is 6.08 Å². The summed E-state index contributed by atoms with van der Waals surface area (Å²) in [5, 5.41) is 13.1. The van der Waals surface area contributed by atoms with Gasteiger partial charge in [-0.25, -0.2) is 0 Å². The van der Waals surface area contributed by atoms with E-state index in [4.69, 9.17) is 0 Å². The molecule has 1 amide bonds. The Morgan fingerprint density at radius 1 is 0.571 bits per heavy atom. The summed E-state index contributed by atoms with van der Waals surface area (Å²) in [6.45, 7) is 4.30. The number of nitrogens with one attached hydrogen (secondary N) is 1. The zero-order valence-electron chi connectivity index (χ0n) is 30.2. The Bertz CT molecular complexity index is 1220. The molecule has 0 aromatic heterocycles. The average Bonchev–Trinajstić information content (AvgIpc) is 3.06. The van der Waals surface area contributed by atoms with E-state index in [2.05, 4.69) is 122 Å². The molecular weight excluding hydrogens is 631 g/mol. The molecule has 3 N–H and O–H groups in total. The average molecular weight is 696 g/mol. The number of carbonyl (C=O) groups excluding carboxylic acids is 1. The highest BCUT2D eigenvalue weighted by Crippen LogP contribution is 2.06. The smallest absolute Gasteiger partial charge is 0.267 e. The van der Waals surface area contributed by atoms with E-state index in [-0.39, 0.29) is 12.3 Å². The van der Waals surface area contributed by atoms with Crippen LogP contribution in [0.1, 0.15) is 117 Å². The van der Waals surface area contributed by atoms with Gasteiger partial charge < -0.3 is 10.4 Å². The molecule has 0 aliphatic rings. The minimum Gasteiger partial charge on any atom is -0.387 e. The molecule has 49 heavy (non-hydrogen) atoms. The van der Waals surface area contributed by atoms with E-state index < -0.39 is 28.0 Å². The van der Waals surface area contributed by atoms with Crippen LogP contribution < -0.4 is 5.32 Å². The Morgan fingerprint density at radius 2 is 0.959 bits per heavy atom. The predicted molar refractivity (Wildman–Crippen MR) is 211 cm³/mol. The number of hydrogen-bond acceptors (Lipinski definition) is 4. The molecule has 0 rings (SSSR count). The van der Waals surface area contributed by atoms with Gasteiger partial charge in [0.2, 0.25) is 5.91 Å². The summed E-state index contributed by atoms with van der Waals surface area (Å²) in [6.07, 6.45) is 54.8. The lowest BCUT2D eigenvalue weighted by Gasteiger charge is -2.21.